The van der Waals surface area contributed by atoms with Gasteiger partial charge in [-0.2, -0.15) is 0 Å². The zero-order chi connectivity index (χ0) is 20.8. The molecule has 2 aromatic rings. The SMILES string of the molecule is COc1cccc(CC(NC(C)=O)C(=O)N2C[C@@H](CN)[C@H](c3ccccc3)C2)c1.Cl. The fourth-order valence-corrected chi connectivity index (χ4v) is 4.07. The molecule has 3 rings (SSSR count). The van der Waals surface area contributed by atoms with Crippen molar-refractivity contribution in [3.8, 4) is 5.75 Å². The number of nitrogens with zero attached hydrogens (tertiary/aromatic N) is 1. The van der Waals surface area contributed by atoms with Gasteiger partial charge in [-0.3, -0.25) is 9.59 Å². The number of rotatable bonds is 7. The van der Waals surface area contributed by atoms with Crippen molar-refractivity contribution in [2.24, 2.45) is 11.7 Å². The molecule has 0 bridgehead atoms. The van der Waals surface area contributed by atoms with E-state index in [0.717, 1.165) is 11.3 Å². The number of amides is 2. The molecule has 0 aromatic heterocycles. The molecule has 0 saturated carbocycles. The van der Waals surface area contributed by atoms with Crippen molar-refractivity contribution < 1.29 is 14.3 Å². The lowest BCUT2D eigenvalue weighted by atomic mass is 9.89. The minimum Gasteiger partial charge on any atom is -0.497 e. The van der Waals surface area contributed by atoms with Gasteiger partial charge in [0.15, 0.2) is 0 Å². The number of benzene rings is 2. The Morgan fingerprint density at radius 1 is 1.17 bits per heavy atom. The zero-order valence-corrected chi connectivity index (χ0v) is 18.2. The molecule has 0 aliphatic carbocycles. The summed E-state index contributed by atoms with van der Waals surface area (Å²) in [7, 11) is 1.61. The zero-order valence-electron chi connectivity index (χ0n) is 17.4. The maximum atomic E-state index is 13.3. The minimum absolute atomic E-state index is 0. The second-order valence-electron chi connectivity index (χ2n) is 7.56. The highest BCUT2D eigenvalue weighted by Gasteiger charge is 2.37. The number of carbonyl (C=O) groups excluding carboxylic acids is 2. The third-order valence-corrected chi connectivity index (χ3v) is 5.53. The Morgan fingerprint density at radius 2 is 1.90 bits per heavy atom. The van der Waals surface area contributed by atoms with Gasteiger partial charge in [0.25, 0.3) is 0 Å². The molecule has 1 fully saturated rings. The van der Waals surface area contributed by atoms with Gasteiger partial charge in [0.1, 0.15) is 11.8 Å². The highest BCUT2D eigenvalue weighted by atomic mass is 35.5. The number of hydrogen-bond donors (Lipinski definition) is 2. The normalized spacial score (nSPS) is 19.0. The van der Waals surface area contributed by atoms with Gasteiger partial charge >= 0.3 is 0 Å². The van der Waals surface area contributed by atoms with Crippen molar-refractivity contribution >= 4 is 24.2 Å². The molecule has 1 unspecified atom stereocenters. The van der Waals surface area contributed by atoms with Gasteiger partial charge in [0, 0.05) is 32.4 Å². The third-order valence-electron chi connectivity index (χ3n) is 5.53. The largest absolute Gasteiger partial charge is 0.497 e. The number of ether oxygens (including phenoxy) is 1. The van der Waals surface area contributed by atoms with Gasteiger partial charge in [-0.05, 0) is 35.7 Å². The topological polar surface area (TPSA) is 84.7 Å². The van der Waals surface area contributed by atoms with Crippen LogP contribution in [0.4, 0.5) is 0 Å². The van der Waals surface area contributed by atoms with E-state index < -0.39 is 6.04 Å². The second-order valence-corrected chi connectivity index (χ2v) is 7.56. The van der Waals surface area contributed by atoms with Crippen molar-refractivity contribution in [2.75, 3.05) is 26.7 Å². The number of carbonyl (C=O) groups is 2. The van der Waals surface area contributed by atoms with Crippen LogP contribution < -0.4 is 15.8 Å². The predicted molar refractivity (Wildman–Crippen MR) is 120 cm³/mol. The summed E-state index contributed by atoms with van der Waals surface area (Å²) in [6.45, 7) is 3.16. The molecule has 0 radical (unpaired) electrons. The Morgan fingerprint density at radius 3 is 2.53 bits per heavy atom. The molecule has 3 N–H and O–H groups in total. The molecule has 30 heavy (non-hydrogen) atoms. The molecule has 6 nitrogen and oxygen atoms in total. The Labute approximate surface area is 184 Å². The van der Waals surface area contributed by atoms with E-state index in [1.165, 1.54) is 12.5 Å². The first-order valence-corrected chi connectivity index (χ1v) is 9.95. The van der Waals surface area contributed by atoms with Gasteiger partial charge in [-0.25, -0.2) is 0 Å². The first-order valence-electron chi connectivity index (χ1n) is 9.95. The van der Waals surface area contributed by atoms with Crippen LogP contribution in [0.1, 0.15) is 24.0 Å². The van der Waals surface area contributed by atoms with Gasteiger partial charge in [-0.15, -0.1) is 12.4 Å². The molecule has 2 amide bonds. The molecule has 1 aliphatic rings. The van der Waals surface area contributed by atoms with E-state index in [9.17, 15) is 9.59 Å². The molecular formula is C23H30ClN3O3. The first kappa shape index (κ1) is 23.7. The summed E-state index contributed by atoms with van der Waals surface area (Å²) in [6.07, 6.45) is 0.412. The Hall–Kier alpha value is -2.57. The van der Waals surface area contributed by atoms with E-state index in [2.05, 4.69) is 17.4 Å². The standard InChI is InChI=1S/C23H29N3O3.ClH/c1-16(27)25-22(12-17-7-6-10-20(11-17)29-2)23(28)26-14-19(13-24)21(15-26)18-8-4-3-5-9-18;/h3-11,19,21-22H,12-15,24H2,1-2H3,(H,25,27);1H/t19-,21+,22?;/m1./s1. The molecule has 3 atom stereocenters. The van der Waals surface area contributed by atoms with Crippen molar-refractivity contribution in [2.45, 2.75) is 25.3 Å². The number of halogens is 1. The Balaban J connectivity index is 0.00000320. The van der Waals surface area contributed by atoms with Crippen LogP contribution in [0.15, 0.2) is 54.6 Å². The number of nitrogens with one attached hydrogen (secondary N) is 1. The van der Waals surface area contributed by atoms with Crippen LogP contribution in [-0.4, -0.2) is 49.5 Å². The molecule has 2 aromatic carbocycles. The van der Waals surface area contributed by atoms with E-state index in [-0.39, 0.29) is 36.1 Å². The Kier molecular flexibility index (Phi) is 8.69. The van der Waals surface area contributed by atoms with E-state index in [4.69, 9.17) is 10.5 Å². The Bertz CT molecular complexity index is 847. The molecule has 7 heteroatoms. The summed E-state index contributed by atoms with van der Waals surface area (Å²) in [4.78, 5) is 26.9. The fraction of sp³-hybridized carbons (Fsp3) is 0.391. The molecule has 1 heterocycles. The summed E-state index contributed by atoms with van der Waals surface area (Å²) in [6, 6.07) is 17.1. The lowest BCUT2D eigenvalue weighted by Gasteiger charge is -2.24. The maximum absolute atomic E-state index is 13.3. The van der Waals surface area contributed by atoms with Crippen LogP contribution >= 0.6 is 12.4 Å². The second kappa shape index (κ2) is 11.0. The number of methoxy groups -OCH3 is 1. The fourth-order valence-electron chi connectivity index (χ4n) is 4.07. The lowest BCUT2D eigenvalue weighted by molar-refractivity contribution is -0.135. The summed E-state index contributed by atoms with van der Waals surface area (Å²) in [5.41, 5.74) is 8.15. The van der Waals surface area contributed by atoms with E-state index >= 15 is 0 Å². The average molecular weight is 432 g/mol. The molecule has 1 saturated heterocycles. The molecule has 1 aliphatic heterocycles. The van der Waals surface area contributed by atoms with Crippen LogP contribution in [0, 0.1) is 5.92 Å². The van der Waals surface area contributed by atoms with Crippen LogP contribution in [0.5, 0.6) is 5.75 Å². The van der Waals surface area contributed by atoms with Crippen molar-refractivity contribution in [3.63, 3.8) is 0 Å². The average Bonchev–Trinajstić information content (AvgIpc) is 3.17. The summed E-state index contributed by atoms with van der Waals surface area (Å²) in [5, 5.41) is 2.83. The van der Waals surface area contributed by atoms with Crippen LogP contribution in [-0.2, 0) is 16.0 Å². The summed E-state index contributed by atoms with van der Waals surface area (Å²) < 4.78 is 5.27. The van der Waals surface area contributed by atoms with Crippen molar-refractivity contribution in [1.82, 2.24) is 10.2 Å². The van der Waals surface area contributed by atoms with Gasteiger partial charge in [0.2, 0.25) is 11.8 Å². The smallest absolute Gasteiger partial charge is 0.245 e. The summed E-state index contributed by atoms with van der Waals surface area (Å²) >= 11 is 0. The molecule has 162 valence electrons. The monoisotopic (exact) mass is 431 g/mol. The van der Waals surface area contributed by atoms with E-state index in [1.807, 2.05) is 47.4 Å². The van der Waals surface area contributed by atoms with Crippen molar-refractivity contribution in [3.05, 3.63) is 65.7 Å². The predicted octanol–water partition coefficient (Wildman–Crippen LogP) is 2.37. The van der Waals surface area contributed by atoms with Gasteiger partial charge < -0.3 is 20.7 Å². The van der Waals surface area contributed by atoms with Gasteiger partial charge in [0.05, 0.1) is 7.11 Å². The maximum Gasteiger partial charge on any atom is 0.245 e. The first-order chi connectivity index (χ1) is 14.0. The lowest BCUT2D eigenvalue weighted by Crippen LogP contribution is -2.48. The highest BCUT2D eigenvalue weighted by molar-refractivity contribution is 5.87. The highest BCUT2D eigenvalue weighted by Crippen LogP contribution is 2.32. The number of likely N-dealkylation sites (tertiary alicyclic amines) is 1. The summed E-state index contributed by atoms with van der Waals surface area (Å²) in [5.74, 6) is 0.849. The van der Waals surface area contributed by atoms with Crippen LogP contribution in [0.2, 0.25) is 0 Å². The minimum atomic E-state index is -0.618. The molecular weight excluding hydrogens is 402 g/mol. The molecule has 0 spiro atoms. The van der Waals surface area contributed by atoms with E-state index in [1.54, 1.807) is 7.11 Å². The quantitative estimate of drug-likeness (QED) is 0.704. The van der Waals surface area contributed by atoms with Crippen LogP contribution in [0.3, 0.4) is 0 Å². The van der Waals surface area contributed by atoms with Crippen molar-refractivity contribution in [1.29, 1.82) is 0 Å². The van der Waals surface area contributed by atoms with E-state index in [0.29, 0.717) is 26.1 Å². The third kappa shape index (κ3) is 5.74. The number of nitrogens with two attached hydrogens (primary N) is 1. The van der Waals surface area contributed by atoms with Crippen LogP contribution in [0.25, 0.3) is 0 Å². The number of hydrogen-bond acceptors (Lipinski definition) is 4. The van der Waals surface area contributed by atoms with Gasteiger partial charge in [-0.1, -0.05) is 42.5 Å².